The quantitative estimate of drug-likeness (QED) is 0.307. The maximum absolute atomic E-state index is 14.1. The average molecular weight is 550 g/mol. The predicted molar refractivity (Wildman–Crippen MR) is 136 cm³/mol. The van der Waals surface area contributed by atoms with Crippen molar-refractivity contribution < 1.29 is 24.2 Å². The van der Waals surface area contributed by atoms with Gasteiger partial charge in [0.05, 0.1) is 30.6 Å². The Morgan fingerprint density at radius 2 is 1.97 bits per heavy atom. The summed E-state index contributed by atoms with van der Waals surface area (Å²) in [4.78, 5) is 42.6. The summed E-state index contributed by atoms with van der Waals surface area (Å²) in [6, 6.07) is 7.68. The number of aliphatic hydroxyl groups is 1. The second-order valence-electron chi connectivity index (χ2n) is 10.0. The first-order valence-corrected chi connectivity index (χ1v) is 13.6. The van der Waals surface area contributed by atoms with Gasteiger partial charge in [-0.2, -0.15) is 0 Å². The van der Waals surface area contributed by atoms with Gasteiger partial charge < -0.3 is 25.4 Å². The number of fused-ring (bicyclic) bond motifs is 1. The smallest absolute Gasteiger partial charge is 0.245 e. The van der Waals surface area contributed by atoms with Gasteiger partial charge in [0.15, 0.2) is 0 Å². The van der Waals surface area contributed by atoms with E-state index in [9.17, 15) is 19.5 Å². The molecule has 2 bridgehead atoms. The molecule has 3 fully saturated rings. The lowest BCUT2D eigenvalue weighted by molar-refractivity contribution is -0.146. The van der Waals surface area contributed by atoms with Crippen LogP contribution in [0.2, 0.25) is 0 Å². The van der Waals surface area contributed by atoms with E-state index >= 15 is 0 Å². The van der Waals surface area contributed by atoms with Gasteiger partial charge in [0, 0.05) is 17.1 Å². The number of carbonyl (C=O) groups excluding carboxylic acids is 3. The largest absolute Gasteiger partial charge is 0.394 e. The molecule has 3 amide bonds. The number of likely N-dealkylation sites (tertiary alicyclic amines) is 1. The van der Waals surface area contributed by atoms with E-state index < -0.39 is 35.6 Å². The molecule has 192 valence electrons. The van der Waals surface area contributed by atoms with E-state index in [4.69, 9.17) is 4.74 Å². The summed E-state index contributed by atoms with van der Waals surface area (Å²) < 4.78 is 6.50. The normalized spacial score (nSPS) is 32.9. The number of alkyl halides is 1. The lowest BCUT2D eigenvalue weighted by Crippen LogP contribution is -2.59. The molecule has 1 aromatic rings. The summed E-state index contributed by atoms with van der Waals surface area (Å²) in [6.45, 7) is 6.25. The third kappa shape index (κ3) is 4.40. The standard InChI is InChI=1S/C26H36BrN3O5/c1-4-6-12-28-24(33)22-26-13-17(27)21(35-26)19(23(32)29-16-10-8-7-9-11-16)20(26)25(34)30(22)18(14-31)15(3)5-2/h7-11,15,17-22,31H,4-6,12-14H2,1-3H3,(H,28,33)(H,29,32)/t15-,17?,18-,19-,20-,21-,22?,26?/m0/s1. The molecule has 1 aromatic carbocycles. The Morgan fingerprint density at radius 1 is 1.26 bits per heavy atom. The lowest BCUT2D eigenvalue weighted by atomic mass is 9.70. The van der Waals surface area contributed by atoms with E-state index in [1.807, 2.05) is 39.0 Å². The highest BCUT2D eigenvalue weighted by molar-refractivity contribution is 9.09. The third-order valence-corrected chi connectivity index (χ3v) is 8.84. The maximum atomic E-state index is 14.1. The molecule has 8 nitrogen and oxygen atoms in total. The maximum Gasteiger partial charge on any atom is 0.245 e. The molecule has 3 aliphatic heterocycles. The lowest BCUT2D eigenvalue weighted by Gasteiger charge is -2.38. The van der Waals surface area contributed by atoms with Crippen molar-refractivity contribution in [3.63, 3.8) is 0 Å². The fourth-order valence-corrected chi connectivity index (χ4v) is 7.01. The second-order valence-corrected chi connectivity index (χ2v) is 11.2. The molecule has 0 aromatic heterocycles. The highest BCUT2D eigenvalue weighted by Gasteiger charge is 2.77. The number of nitrogens with zero attached hydrogens (tertiary/aromatic N) is 1. The average Bonchev–Trinajstić information content (AvgIpc) is 3.44. The summed E-state index contributed by atoms with van der Waals surface area (Å²) in [7, 11) is 0. The molecule has 9 heteroatoms. The molecular weight excluding hydrogens is 514 g/mol. The van der Waals surface area contributed by atoms with E-state index in [0.717, 1.165) is 19.3 Å². The van der Waals surface area contributed by atoms with Crippen molar-refractivity contribution in [3.8, 4) is 0 Å². The van der Waals surface area contributed by atoms with Crippen molar-refractivity contribution in [2.24, 2.45) is 17.8 Å². The van der Waals surface area contributed by atoms with Gasteiger partial charge >= 0.3 is 0 Å². The number of unbranched alkanes of at least 4 members (excludes halogenated alkanes) is 1. The fraction of sp³-hybridized carbons (Fsp3) is 0.654. The number of para-hydroxylation sites is 1. The zero-order chi connectivity index (χ0) is 25.3. The molecule has 3 unspecified atom stereocenters. The minimum Gasteiger partial charge on any atom is -0.394 e. The number of amides is 3. The number of hydrogen-bond acceptors (Lipinski definition) is 5. The van der Waals surface area contributed by atoms with Crippen LogP contribution in [0.4, 0.5) is 5.69 Å². The Hall–Kier alpha value is -1.97. The Balaban J connectivity index is 1.72. The summed E-state index contributed by atoms with van der Waals surface area (Å²) in [6.07, 6.45) is 2.42. The van der Waals surface area contributed by atoms with Crippen molar-refractivity contribution >= 4 is 39.3 Å². The Bertz CT molecular complexity index is 946. The van der Waals surface area contributed by atoms with Gasteiger partial charge in [0.2, 0.25) is 17.7 Å². The monoisotopic (exact) mass is 549 g/mol. The third-order valence-electron chi connectivity index (χ3n) is 7.99. The second kappa shape index (κ2) is 10.6. The Kier molecular flexibility index (Phi) is 7.88. The molecule has 0 radical (unpaired) electrons. The number of benzene rings is 1. The highest BCUT2D eigenvalue weighted by Crippen LogP contribution is 2.60. The van der Waals surface area contributed by atoms with Crippen LogP contribution < -0.4 is 10.6 Å². The number of rotatable bonds is 10. The van der Waals surface area contributed by atoms with E-state index in [1.165, 1.54) is 0 Å². The minimum absolute atomic E-state index is 0.0290. The number of nitrogens with one attached hydrogen (secondary N) is 2. The van der Waals surface area contributed by atoms with E-state index in [-0.39, 0.29) is 35.1 Å². The molecule has 3 aliphatic rings. The minimum atomic E-state index is -1.12. The molecule has 35 heavy (non-hydrogen) atoms. The van der Waals surface area contributed by atoms with Gasteiger partial charge in [-0.3, -0.25) is 14.4 Å². The molecule has 3 saturated heterocycles. The topological polar surface area (TPSA) is 108 Å². The summed E-state index contributed by atoms with van der Waals surface area (Å²) in [5, 5.41) is 16.2. The predicted octanol–water partition coefficient (Wildman–Crippen LogP) is 2.70. The zero-order valence-electron chi connectivity index (χ0n) is 20.6. The first-order valence-electron chi connectivity index (χ1n) is 12.7. The zero-order valence-corrected chi connectivity index (χ0v) is 22.2. The van der Waals surface area contributed by atoms with Gasteiger partial charge in [-0.1, -0.05) is 67.7 Å². The van der Waals surface area contributed by atoms with Gasteiger partial charge in [-0.05, 0) is 30.9 Å². The Labute approximate surface area is 215 Å². The summed E-state index contributed by atoms with van der Waals surface area (Å²) in [5.41, 5.74) is -0.476. The fourth-order valence-electron chi connectivity index (χ4n) is 6.07. The number of aliphatic hydroxyl groups excluding tert-OH is 1. The number of halogens is 1. The van der Waals surface area contributed by atoms with Crippen LogP contribution in [-0.2, 0) is 19.1 Å². The van der Waals surface area contributed by atoms with Crippen LogP contribution in [0.25, 0.3) is 0 Å². The first-order chi connectivity index (χ1) is 16.8. The first kappa shape index (κ1) is 26.1. The van der Waals surface area contributed by atoms with Crippen molar-refractivity contribution in [3.05, 3.63) is 30.3 Å². The summed E-state index contributed by atoms with van der Waals surface area (Å²) in [5.74, 6) is -2.41. The van der Waals surface area contributed by atoms with Crippen LogP contribution in [0, 0.1) is 17.8 Å². The summed E-state index contributed by atoms with van der Waals surface area (Å²) >= 11 is 3.68. The number of ether oxygens (including phenoxy) is 1. The highest BCUT2D eigenvalue weighted by atomic mass is 79.9. The molecule has 4 rings (SSSR count). The van der Waals surface area contributed by atoms with Crippen LogP contribution in [0.1, 0.15) is 46.5 Å². The van der Waals surface area contributed by atoms with Gasteiger partial charge in [0.25, 0.3) is 0 Å². The molecular formula is C26H36BrN3O5. The van der Waals surface area contributed by atoms with Crippen LogP contribution in [0.5, 0.6) is 0 Å². The van der Waals surface area contributed by atoms with Crippen molar-refractivity contribution in [1.82, 2.24) is 10.2 Å². The molecule has 8 atom stereocenters. The van der Waals surface area contributed by atoms with E-state index in [1.54, 1.807) is 17.0 Å². The van der Waals surface area contributed by atoms with Crippen LogP contribution in [0.15, 0.2) is 30.3 Å². The van der Waals surface area contributed by atoms with E-state index in [2.05, 4.69) is 26.6 Å². The molecule has 3 N–H and O–H groups in total. The van der Waals surface area contributed by atoms with Gasteiger partial charge in [-0.25, -0.2) is 0 Å². The van der Waals surface area contributed by atoms with Crippen LogP contribution >= 0.6 is 15.9 Å². The van der Waals surface area contributed by atoms with Gasteiger partial charge in [0.1, 0.15) is 11.6 Å². The number of hydrogen-bond donors (Lipinski definition) is 3. The van der Waals surface area contributed by atoms with Crippen LogP contribution in [0.3, 0.4) is 0 Å². The van der Waals surface area contributed by atoms with Gasteiger partial charge in [-0.15, -0.1) is 0 Å². The number of anilines is 1. The molecule has 1 spiro atoms. The van der Waals surface area contributed by atoms with Crippen molar-refractivity contribution in [1.29, 1.82) is 0 Å². The SMILES string of the molecule is CCCCNC(=O)C1N([C@@H](CO)[C@@H](C)CC)C(=O)[C@@H]2[C@H](C(=O)Nc3ccccc3)[C@H]3OC12CC3Br. The van der Waals surface area contributed by atoms with Crippen molar-refractivity contribution in [2.45, 2.75) is 75.1 Å². The Morgan fingerprint density at radius 3 is 2.60 bits per heavy atom. The molecule has 0 saturated carbocycles. The molecule has 3 heterocycles. The van der Waals surface area contributed by atoms with E-state index in [0.29, 0.717) is 18.7 Å². The van der Waals surface area contributed by atoms with Crippen molar-refractivity contribution in [2.75, 3.05) is 18.5 Å². The number of carbonyl (C=O) groups is 3. The van der Waals surface area contributed by atoms with Crippen LogP contribution in [-0.4, -0.2) is 69.5 Å². The molecule has 0 aliphatic carbocycles.